The highest BCUT2D eigenvalue weighted by molar-refractivity contribution is 7.91. The van der Waals surface area contributed by atoms with Crippen LogP contribution in [-0.2, 0) is 42.2 Å². The zero-order chi connectivity index (χ0) is 37.5. The van der Waals surface area contributed by atoms with Gasteiger partial charge in [-0.3, -0.25) is 24.0 Å². The Morgan fingerprint density at radius 1 is 1.06 bits per heavy atom. The number of hydrogen-bond donors (Lipinski definition) is 3. The predicted molar refractivity (Wildman–Crippen MR) is 195 cm³/mol. The number of carbonyl (C=O) groups excluding carboxylic acids is 5. The van der Waals surface area contributed by atoms with E-state index in [1.54, 1.807) is 16.8 Å². The number of carbonyl (C=O) groups is 5. The summed E-state index contributed by atoms with van der Waals surface area (Å²) in [6.07, 6.45) is 10.9. The minimum absolute atomic E-state index is 0.0415. The molecule has 3 heterocycles. The number of sulfonamides is 1. The minimum atomic E-state index is -3.90. The second kappa shape index (κ2) is 14.8. The van der Waals surface area contributed by atoms with E-state index in [2.05, 4.69) is 28.0 Å². The molecule has 4 bridgehead atoms. The highest BCUT2D eigenvalue weighted by atomic mass is 32.2. The molecule has 3 N–H and O–H groups in total. The quantitative estimate of drug-likeness (QED) is 0.357. The van der Waals surface area contributed by atoms with E-state index in [0.29, 0.717) is 38.9 Å². The number of allylic oxidation sites excluding steroid dienone is 1. The van der Waals surface area contributed by atoms with E-state index in [0.717, 1.165) is 55.2 Å². The normalized spacial score (nSPS) is 30.4. The maximum atomic E-state index is 14.7. The first-order chi connectivity index (χ1) is 25.4. The fourth-order valence-electron chi connectivity index (χ4n) is 8.37. The molecule has 3 aliphatic heterocycles. The molecule has 0 aromatic heterocycles. The van der Waals surface area contributed by atoms with Gasteiger partial charge in [0.1, 0.15) is 23.7 Å². The Kier molecular flexibility index (Phi) is 10.3. The Morgan fingerprint density at radius 3 is 2.55 bits per heavy atom. The molecule has 3 saturated carbocycles. The number of ether oxygens (including phenoxy) is 1. The van der Waals surface area contributed by atoms with Crippen molar-refractivity contribution in [2.24, 2.45) is 11.8 Å². The SMILES string of the molecule is C=C[C@H]1C[C@]1(NC(=O)[C@@H]1C[C@@H]2CN1C(=O)[C@H](C1CCCCC1)NC(=O)N(C)CCC/C=C/c1cccc3c1CN(C3)C(=O)O2)C(=O)NS(=O)(=O)C1CC1. The molecule has 0 radical (unpaired) electrons. The number of nitrogens with zero attached hydrogens (tertiary/aromatic N) is 3. The Bertz CT molecular complexity index is 1810. The lowest BCUT2D eigenvalue weighted by atomic mass is 9.83. The van der Waals surface area contributed by atoms with Crippen molar-refractivity contribution < 1.29 is 37.1 Å². The van der Waals surface area contributed by atoms with Crippen molar-refractivity contribution in [2.75, 3.05) is 20.1 Å². The van der Waals surface area contributed by atoms with Crippen LogP contribution in [0.15, 0.2) is 36.9 Å². The summed E-state index contributed by atoms with van der Waals surface area (Å²) < 4.78 is 33.6. The molecule has 53 heavy (non-hydrogen) atoms. The number of fused-ring (bicyclic) bond motifs is 3. The summed E-state index contributed by atoms with van der Waals surface area (Å²) in [4.78, 5) is 74.3. The number of urea groups is 1. The first-order valence-electron chi connectivity index (χ1n) is 19.0. The molecule has 1 saturated heterocycles. The molecular weight excluding hydrogens is 701 g/mol. The first-order valence-corrected chi connectivity index (χ1v) is 20.5. The molecule has 0 unspecified atom stereocenters. The summed E-state index contributed by atoms with van der Waals surface area (Å²) >= 11 is 0. The van der Waals surface area contributed by atoms with Gasteiger partial charge in [-0.15, -0.1) is 6.58 Å². The van der Waals surface area contributed by atoms with Gasteiger partial charge in [0, 0.05) is 32.5 Å². The van der Waals surface area contributed by atoms with E-state index < -0.39 is 74.8 Å². The van der Waals surface area contributed by atoms with Crippen LogP contribution in [0.5, 0.6) is 0 Å². The number of amides is 6. The smallest absolute Gasteiger partial charge is 0.410 e. The molecule has 7 rings (SSSR count). The van der Waals surface area contributed by atoms with E-state index in [4.69, 9.17) is 4.74 Å². The summed E-state index contributed by atoms with van der Waals surface area (Å²) in [5.41, 5.74) is 1.49. The van der Waals surface area contributed by atoms with E-state index in [1.807, 2.05) is 24.3 Å². The van der Waals surface area contributed by atoms with Crippen molar-refractivity contribution in [1.29, 1.82) is 0 Å². The predicted octanol–water partition coefficient (Wildman–Crippen LogP) is 3.17. The van der Waals surface area contributed by atoms with Crippen molar-refractivity contribution in [2.45, 2.75) is 113 Å². The molecule has 4 fully saturated rings. The van der Waals surface area contributed by atoms with Gasteiger partial charge in [0.25, 0.3) is 5.91 Å². The van der Waals surface area contributed by atoms with Crippen LogP contribution in [0, 0.1) is 11.8 Å². The third-order valence-electron chi connectivity index (χ3n) is 11.8. The lowest BCUT2D eigenvalue weighted by Crippen LogP contribution is -2.60. The van der Waals surface area contributed by atoms with Crippen molar-refractivity contribution in [3.05, 3.63) is 53.6 Å². The zero-order valence-corrected chi connectivity index (χ0v) is 31.1. The van der Waals surface area contributed by atoms with Gasteiger partial charge in [0.15, 0.2) is 0 Å². The Morgan fingerprint density at radius 2 is 1.83 bits per heavy atom. The van der Waals surface area contributed by atoms with Crippen molar-refractivity contribution in [3.8, 4) is 0 Å². The Balaban J connectivity index is 1.18. The average molecular weight is 751 g/mol. The monoisotopic (exact) mass is 750 g/mol. The van der Waals surface area contributed by atoms with Crippen LogP contribution in [0.25, 0.3) is 6.08 Å². The second-order valence-corrected chi connectivity index (χ2v) is 17.5. The third-order valence-corrected chi connectivity index (χ3v) is 13.6. The van der Waals surface area contributed by atoms with Crippen LogP contribution in [0.2, 0.25) is 0 Å². The summed E-state index contributed by atoms with van der Waals surface area (Å²) in [6, 6.07) is 3.47. The Labute approximate surface area is 310 Å². The van der Waals surface area contributed by atoms with Crippen LogP contribution < -0.4 is 15.4 Å². The standard InChI is InChI=1S/C38H50N6O8S/c1-3-27-20-38(27,35(47)41-53(50,51)29-16-17-29)40-33(45)31-19-28-22-44(31)34(46)32(25-12-6-4-7-13-25)39-36(48)42(2)18-9-5-8-11-24-14-10-15-26-21-43(23-30(24)26)37(49)52-28/h3,8,10-11,14-15,25,27-29,31-32H,1,4-7,9,12-13,16-23H2,2H3,(H,39,48)(H,40,45)(H,41,47)/b11-8+/t27-,28+,31-,32-,38+/m0/s1. The lowest BCUT2D eigenvalue weighted by molar-refractivity contribution is -0.142. The van der Waals surface area contributed by atoms with Crippen molar-refractivity contribution in [1.82, 2.24) is 30.1 Å². The van der Waals surface area contributed by atoms with Crippen LogP contribution >= 0.6 is 0 Å². The van der Waals surface area contributed by atoms with Gasteiger partial charge in [-0.25, -0.2) is 18.0 Å². The van der Waals surface area contributed by atoms with E-state index in [9.17, 15) is 32.4 Å². The summed E-state index contributed by atoms with van der Waals surface area (Å²) in [6.45, 7) is 4.86. The summed E-state index contributed by atoms with van der Waals surface area (Å²) in [5.74, 6) is -2.65. The molecule has 3 aliphatic carbocycles. The van der Waals surface area contributed by atoms with Gasteiger partial charge in [0.2, 0.25) is 21.8 Å². The zero-order valence-electron chi connectivity index (χ0n) is 30.3. The minimum Gasteiger partial charge on any atom is -0.444 e. The number of nitrogens with one attached hydrogen (secondary N) is 3. The average Bonchev–Trinajstić information content (AvgIpc) is 4.04. The fraction of sp³-hybridized carbons (Fsp3) is 0.605. The maximum Gasteiger partial charge on any atom is 0.410 e. The van der Waals surface area contributed by atoms with Crippen LogP contribution in [-0.4, -0.2) is 102 Å². The Hall–Kier alpha value is -4.40. The summed E-state index contributed by atoms with van der Waals surface area (Å²) in [5, 5.41) is 5.16. The molecular formula is C38H50N6O8S. The van der Waals surface area contributed by atoms with Gasteiger partial charge in [0.05, 0.1) is 18.3 Å². The number of hydrogen-bond acceptors (Lipinski definition) is 8. The first kappa shape index (κ1) is 36.9. The second-order valence-electron chi connectivity index (χ2n) is 15.6. The number of rotatable bonds is 7. The molecule has 286 valence electrons. The van der Waals surface area contributed by atoms with Gasteiger partial charge < -0.3 is 25.2 Å². The molecule has 6 aliphatic rings. The third kappa shape index (κ3) is 7.67. The molecule has 6 amide bonds. The van der Waals surface area contributed by atoms with E-state index >= 15 is 0 Å². The maximum absolute atomic E-state index is 14.7. The van der Waals surface area contributed by atoms with Crippen LogP contribution in [0.3, 0.4) is 0 Å². The molecule has 0 spiro atoms. The molecule has 14 nitrogen and oxygen atoms in total. The lowest BCUT2D eigenvalue weighted by Gasteiger charge is -2.35. The largest absolute Gasteiger partial charge is 0.444 e. The van der Waals surface area contributed by atoms with Gasteiger partial charge in [-0.05, 0) is 67.6 Å². The highest BCUT2D eigenvalue weighted by Crippen LogP contribution is 2.45. The highest BCUT2D eigenvalue weighted by Gasteiger charge is 2.62. The van der Waals surface area contributed by atoms with Gasteiger partial charge >= 0.3 is 12.1 Å². The molecule has 1 aromatic carbocycles. The van der Waals surface area contributed by atoms with Gasteiger partial charge in [-0.2, -0.15) is 0 Å². The summed E-state index contributed by atoms with van der Waals surface area (Å²) in [7, 11) is -2.20. The fourth-order valence-corrected chi connectivity index (χ4v) is 9.74. The molecule has 1 aromatic rings. The number of benzene rings is 1. The van der Waals surface area contributed by atoms with Crippen LogP contribution in [0.1, 0.15) is 87.3 Å². The van der Waals surface area contributed by atoms with E-state index in [1.165, 1.54) is 11.0 Å². The molecule has 15 heteroatoms. The van der Waals surface area contributed by atoms with Crippen molar-refractivity contribution in [3.63, 3.8) is 0 Å². The topological polar surface area (TPSA) is 175 Å². The van der Waals surface area contributed by atoms with E-state index in [-0.39, 0.29) is 25.3 Å². The molecule has 5 atom stereocenters. The van der Waals surface area contributed by atoms with Crippen molar-refractivity contribution >= 4 is 45.9 Å². The van der Waals surface area contributed by atoms with Crippen LogP contribution in [0.4, 0.5) is 9.59 Å². The van der Waals surface area contributed by atoms with Gasteiger partial charge in [-0.1, -0.05) is 55.7 Å².